The van der Waals surface area contributed by atoms with Crippen molar-refractivity contribution >= 4 is 17.0 Å². The summed E-state index contributed by atoms with van der Waals surface area (Å²) in [7, 11) is 0. The van der Waals surface area contributed by atoms with E-state index in [4.69, 9.17) is 4.74 Å². The Balaban J connectivity index is 2.14. The Hall–Kier alpha value is -1.92. The van der Waals surface area contributed by atoms with Gasteiger partial charge in [0.2, 0.25) is 0 Å². The number of nitro benzene ring substituents is 1. The summed E-state index contributed by atoms with van der Waals surface area (Å²) in [5.74, 6) is 0.314. The monoisotopic (exact) mass is 306 g/mol. The molecule has 0 unspecified atom stereocenters. The molecule has 2 rings (SSSR count). The smallest absolute Gasteiger partial charge is 0.310 e. The van der Waals surface area contributed by atoms with E-state index in [1.165, 1.54) is 6.07 Å². The molecule has 112 valence electrons. The summed E-state index contributed by atoms with van der Waals surface area (Å²) in [4.78, 5) is 10.7. The van der Waals surface area contributed by atoms with Crippen molar-refractivity contribution in [3.05, 3.63) is 56.3 Å². The Morgan fingerprint density at radius 2 is 2.14 bits per heavy atom. The van der Waals surface area contributed by atoms with E-state index in [1.54, 1.807) is 23.5 Å². The van der Waals surface area contributed by atoms with Gasteiger partial charge in [0.05, 0.1) is 4.92 Å². The average Bonchev–Trinajstić information content (AvgIpc) is 2.96. The molecule has 1 N–H and O–H groups in total. The zero-order valence-corrected chi connectivity index (χ0v) is 12.9. The van der Waals surface area contributed by atoms with E-state index in [1.807, 2.05) is 16.8 Å². The molecule has 6 heteroatoms. The summed E-state index contributed by atoms with van der Waals surface area (Å²) < 4.78 is 5.63. The normalized spacial score (nSPS) is 10.8. The van der Waals surface area contributed by atoms with E-state index >= 15 is 0 Å². The predicted molar refractivity (Wildman–Crippen MR) is 83.7 cm³/mol. The van der Waals surface area contributed by atoms with Crippen LogP contribution in [0.2, 0.25) is 0 Å². The summed E-state index contributed by atoms with van der Waals surface area (Å²) >= 11 is 1.58. The molecule has 1 aromatic heterocycles. The minimum atomic E-state index is -0.414. The highest BCUT2D eigenvalue weighted by atomic mass is 32.1. The van der Waals surface area contributed by atoms with Crippen LogP contribution in [0.25, 0.3) is 0 Å². The molecule has 0 radical (unpaired) electrons. The third-order valence-electron chi connectivity index (χ3n) is 2.91. The quantitative estimate of drug-likeness (QED) is 0.625. The lowest BCUT2D eigenvalue weighted by Gasteiger charge is -2.10. The van der Waals surface area contributed by atoms with Crippen molar-refractivity contribution < 1.29 is 9.66 Å². The molecule has 0 saturated carbocycles. The van der Waals surface area contributed by atoms with Crippen molar-refractivity contribution in [1.82, 2.24) is 5.32 Å². The van der Waals surface area contributed by atoms with Crippen LogP contribution < -0.4 is 10.1 Å². The van der Waals surface area contributed by atoms with Gasteiger partial charge in [-0.25, -0.2) is 0 Å². The van der Waals surface area contributed by atoms with Gasteiger partial charge in [-0.3, -0.25) is 10.1 Å². The Bertz CT molecular complexity index is 597. The Morgan fingerprint density at radius 1 is 1.33 bits per heavy atom. The summed E-state index contributed by atoms with van der Waals surface area (Å²) in [6, 6.07) is 7.29. The highest BCUT2D eigenvalue weighted by Gasteiger charge is 2.16. The van der Waals surface area contributed by atoms with E-state index in [0.717, 1.165) is 11.1 Å². The molecule has 0 saturated heterocycles. The van der Waals surface area contributed by atoms with E-state index in [-0.39, 0.29) is 5.69 Å². The molecule has 0 bridgehead atoms. The lowest BCUT2D eigenvalue weighted by Crippen LogP contribution is -2.21. The van der Waals surface area contributed by atoms with Gasteiger partial charge >= 0.3 is 5.69 Å². The third-order valence-corrected chi connectivity index (χ3v) is 3.64. The molecule has 0 aliphatic rings. The van der Waals surface area contributed by atoms with Gasteiger partial charge in [-0.1, -0.05) is 19.9 Å². The highest BCUT2D eigenvalue weighted by molar-refractivity contribution is 7.07. The van der Waals surface area contributed by atoms with Crippen LogP contribution in [-0.4, -0.2) is 11.0 Å². The molecule has 0 amide bonds. The summed E-state index contributed by atoms with van der Waals surface area (Å²) in [6.07, 6.45) is 0. The highest BCUT2D eigenvalue weighted by Crippen LogP contribution is 2.29. The summed E-state index contributed by atoms with van der Waals surface area (Å²) in [5.41, 5.74) is 1.98. The maximum absolute atomic E-state index is 11.1. The number of nitro groups is 1. The van der Waals surface area contributed by atoms with E-state index < -0.39 is 4.92 Å². The fraction of sp³-hybridized carbons (Fsp3) is 0.333. The summed E-state index contributed by atoms with van der Waals surface area (Å²) in [5, 5.41) is 18.3. The van der Waals surface area contributed by atoms with Crippen LogP contribution in [0.5, 0.6) is 5.75 Å². The van der Waals surface area contributed by atoms with Gasteiger partial charge in [-0.15, -0.1) is 0 Å². The lowest BCUT2D eigenvalue weighted by molar-refractivity contribution is -0.386. The molecule has 1 aromatic carbocycles. The Labute approximate surface area is 127 Å². The van der Waals surface area contributed by atoms with Gasteiger partial charge in [0.1, 0.15) is 6.61 Å². The van der Waals surface area contributed by atoms with Crippen LogP contribution in [0.1, 0.15) is 25.0 Å². The van der Waals surface area contributed by atoms with Crippen molar-refractivity contribution in [2.45, 2.75) is 33.0 Å². The topological polar surface area (TPSA) is 64.4 Å². The average molecular weight is 306 g/mol. The number of thiophene rings is 1. The van der Waals surface area contributed by atoms with Crippen molar-refractivity contribution in [2.24, 2.45) is 0 Å². The van der Waals surface area contributed by atoms with Gasteiger partial charge in [0, 0.05) is 18.7 Å². The molecule has 0 aliphatic heterocycles. The first kappa shape index (κ1) is 15.5. The van der Waals surface area contributed by atoms with Crippen molar-refractivity contribution in [3.63, 3.8) is 0 Å². The van der Waals surface area contributed by atoms with Gasteiger partial charge in [-0.2, -0.15) is 11.3 Å². The molecular formula is C15H18N2O3S. The zero-order valence-electron chi connectivity index (χ0n) is 12.0. The second kappa shape index (κ2) is 7.19. The number of rotatable bonds is 7. The first-order valence-electron chi connectivity index (χ1n) is 6.71. The van der Waals surface area contributed by atoms with Crippen LogP contribution >= 0.6 is 11.3 Å². The molecule has 2 aromatic rings. The number of hydrogen-bond donors (Lipinski definition) is 1. The number of nitrogens with zero attached hydrogens (tertiary/aromatic N) is 1. The number of ether oxygens (including phenoxy) is 1. The van der Waals surface area contributed by atoms with Crippen molar-refractivity contribution in [1.29, 1.82) is 0 Å². The van der Waals surface area contributed by atoms with Crippen molar-refractivity contribution in [3.8, 4) is 5.75 Å². The molecular weight excluding hydrogens is 288 g/mol. The number of nitrogens with one attached hydrogen (secondary N) is 1. The number of hydrogen-bond acceptors (Lipinski definition) is 5. The number of benzene rings is 1. The minimum absolute atomic E-state index is 0.00136. The maximum Gasteiger partial charge on any atom is 0.310 e. The van der Waals surface area contributed by atoms with Gasteiger partial charge in [0.25, 0.3) is 0 Å². The lowest BCUT2D eigenvalue weighted by atomic mass is 10.2. The zero-order chi connectivity index (χ0) is 15.2. The first-order valence-corrected chi connectivity index (χ1v) is 7.65. The molecule has 0 spiro atoms. The Kier molecular flexibility index (Phi) is 5.30. The molecule has 0 atom stereocenters. The third kappa shape index (κ3) is 4.54. The van der Waals surface area contributed by atoms with E-state index in [2.05, 4.69) is 19.2 Å². The fourth-order valence-corrected chi connectivity index (χ4v) is 2.45. The predicted octanol–water partition coefficient (Wildman–Crippen LogP) is 3.73. The molecule has 0 aliphatic carbocycles. The summed E-state index contributed by atoms with van der Waals surface area (Å²) in [6.45, 7) is 5.11. The molecule has 21 heavy (non-hydrogen) atoms. The maximum atomic E-state index is 11.1. The van der Waals surface area contributed by atoms with Crippen molar-refractivity contribution in [2.75, 3.05) is 0 Å². The van der Waals surface area contributed by atoms with Crippen LogP contribution in [0.4, 0.5) is 5.69 Å². The largest absolute Gasteiger partial charge is 0.482 e. The van der Waals surface area contributed by atoms with Gasteiger partial charge < -0.3 is 10.1 Å². The molecule has 5 nitrogen and oxygen atoms in total. The second-order valence-electron chi connectivity index (χ2n) is 5.02. The van der Waals surface area contributed by atoms with Gasteiger partial charge in [0.15, 0.2) is 5.75 Å². The van der Waals surface area contributed by atoms with E-state index in [9.17, 15) is 10.1 Å². The van der Waals surface area contributed by atoms with Crippen LogP contribution in [0.15, 0.2) is 35.0 Å². The first-order chi connectivity index (χ1) is 10.1. The molecule has 1 heterocycles. The van der Waals surface area contributed by atoms with E-state index in [0.29, 0.717) is 24.9 Å². The van der Waals surface area contributed by atoms with Crippen LogP contribution in [0, 0.1) is 10.1 Å². The fourth-order valence-electron chi connectivity index (χ4n) is 1.79. The standard InChI is InChI=1S/C15H18N2O3S/c1-11(2)16-8-12-3-4-14(17(18)19)15(7-12)20-9-13-5-6-21-10-13/h3-7,10-11,16H,8-9H2,1-2H3. The van der Waals surface area contributed by atoms with Crippen LogP contribution in [-0.2, 0) is 13.2 Å². The minimum Gasteiger partial charge on any atom is -0.482 e. The van der Waals surface area contributed by atoms with Crippen LogP contribution in [0.3, 0.4) is 0 Å². The van der Waals surface area contributed by atoms with Gasteiger partial charge in [-0.05, 0) is 34.0 Å². The second-order valence-corrected chi connectivity index (χ2v) is 5.80. The SMILES string of the molecule is CC(C)NCc1ccc([N+](=O)[O-])c(OCc2ccsc2)c1. The molecule has 0 fully saturated rings. The Morgan fingerprint density at radius 3 is 2.76 bits per heavy atom.